The van der Waals surface area contributed by atoms with Crippen LogP contribution in [-0.4, -0.2) is 71.8 Å². The lowest BCUT2D eigenvalue weighted by molar-refractivity contribution is -0.174. The predicted octanol–water partition coefficient (Wildman–Crippen LogP) is 5.79. The van der Waals surface area contributed by atoms with Gasteiger partial charge in [0.25, 0.3) is 5.60 Å². The minimum absolute atomic E-state index is 0.0125. The van der Waals surface area contributed by atoms with Gasteiger partial charge in [0.05, 0.1) is 12.7 Å². The average molecular weight is 555 g/mol. The highest BCUT2D eigenvalue weighted by Gasteiger charge is 2.56. The first-order chi connectivity index (χ1) is 14.2. The van der Waals surface area contributed by atoms with Gasteiger partial charge in [-0.15, -0.1) is 0 Å². The summed E-state index contributed by atoms with van der Waals surface area (Å²) in [5, 5.41) is 0. The summed E-state index contributed by atoms with van der Waals surface area (Å²) in [4.78, 5) is 27.5. The van der Waals surface area contributed by atoms with Gasteiger partial charge in [-0.1, -0.05) is 0 Å². The van der Waals surface area contributed by atoms with Crippen LogP contribution in [0.5, 0.6) is 0 Å². The summed E-state index contributed by atoms with van der Waals surface area (Å²) in [6, 6.07) is 0. The first-order valence-electron chi connectivity index (χ1n) is 11.7. The van der Waals surface area contributed by atoms with E-state index in [1.165, 1.54) is 0 Å². The predicted molar refractivity (Wildman–Crippen MR) is 148 cm³/mol. The Morgan fingerprint density at radius 1 is 0.606 bits per heavy atom. The molecule has 0 aliphatic carbocycles. The smallest absolute Gasteiger partial charge is 0.336 e. The number of carbonyl (C=O) groups is 2. The van der Waals surface area contributed by atoms with Gasteiger partial charge < -0.3 is 22.1 Å². The van der Waals surface area contributed by atoms with Crippen LogP contribution in [-0.2, 0) is 31.7 Å². The molecule has 0 spiro atoms. The average Bonchev–Trinajstić information content (AvgIpc) is 2.44. The summed E-state index contributed by atoms with van der Waals surface area (Å²) in [7, 11) is -10.9. The van der Waals surface area contributed by atoms with Gasteiger partial charge in [-0.25, -0.2) is 9.59 Å². The van der Waals surface area contributed by atoms with E-state index in [2.05, 4.69) is 39.3 Å². The maximum absolute atomic E-state index is 13.7. The number of hydrogen-bond acceptors (Lipinski definition) is 7. The molecule has 1 atom stereocenters. The normalized spacial score (nSPS) is 15.2. The van der Waals surface area contributed by atoms with Gasteiger partial charge >= 0.3 is 11.9 Å². The van der Waals surface area contributed by atoms with Crippen molar-refractivity contribution in [3.63, 3.8) is 0 Å². The quantitative estimate of drug-likeness (QED) is 0.210. The molecule has 0 radical (unpaired) electrons. The zero-order valence-electron chi connectivity index (χ0n) is 23.8. The molecule has 196 valence electrons. The Morgan fingerprint density at radius 2 is 1.00 bits per heavy atom. The SMILES string of the molecule is C[Si](C)(C)OCC(CC(O[Si](C)(C)C)(C(=O)O[Si](C)(C)C)C(=O)O[Si](C)(C)C)O[Si](C)(C)C. The van der Waals surface area contributed by atoms with Crippen LogP contribution >= 0.6 is 0 Å². The number of hydrogen-bond donors (Lipinski definition) is 0. The summed E-state index contributed by atoms with van der Waals surface area (Å²) in [6.45, 7) is 30.2. The monoisotopic (exact) mass is 554 g/mol. The molecule has 12 heteroatoms. The molecule has 0 amide bonds. The molecule has 0 saturated carbocycles. The Balaban J connectivity index is 6.63. The molecule has 7 nitrogen and oxygen atoms in total. The minimum atomic E-state index is -2.40. The lowest BCUT2D eigenvalue weighted by Gasteiger charge is -2.41. The van der Waals surface area contributed by atoms with Gasteiger partial charge in [-0.3, -0.25) is 0 Å². The molecular formula is C21H50O7Si5. The molecule has 0 rings (SSSR count). The van der Waals surface area contributed by atoms with E-state index in [0.29, 0.717) is 0 Å². The fourth-order valence-electron chi connectivity index (χ4n) is 2.92. The van der Waals surface area contributed by atoms with Crippen LogP contribution in [0.3, 0.4) is 0 Å². The molecule has 0 aromatic rings. The van der Waals surface area contributed by atoms with Gasteiger partial charge in [-0.05, 0) is 98.2 Å². The molecule has 0 bridgehead atoms. The Morgan fingerprint density at radius 3 is 1.27 bits per heavy atom. The van der Waals surface area contributed by atoms with Crippen LogP contribution in [0.1, 0.15) is 6.42 Å². The van der Waals surface area contributed by atoms with Crippen molar-refractivity contribution in [1.29, 1.82) is 0 Å². The van der Waals surface area contributed by atoms with Crippen molar-refractivity contribution < 1.29 is 31.7 Å². The third-order valence-corrected chi connectivity index (χ3v) is 8.30. The largest absolute Gasteiger partial charge is 0.517 e. The van der Waals surface area contributed by atoms with Gasteiger partial charge in [-0.2, -0.15) is 0 Å². The molecule has 0 aliphatic rings. The van der Waals surface area contributed by atoms with E-state index < -0.39 is 65.2 Å². The second-order valence-electron chi connectivity index (χ2n) is 13.5. The Hall–Kier alpha value is -0.0956. The third-order valence-electron chi connectivity index (χ3n) is 3.68. The topological polar surface area (TPSA) is 80.3 Å². The molecular weight excluding hydrogens is 505 g/mol. The highest BCUT2D eigenvalue weighted by Crippen LogP contribution is 2.32. The molecule has 1 unspecified atom stereocenters. The highest BCUT2D eigenvalue weighted by atomic mass is 28.4. The van der Waals surface area contributed by atoms with E-state index in [1.807, 2.05) is 58.9 Å². The minimum Gasteiger partial charge on any atom is -0.517 e. The van der Waals surface area contributed by atoms with E-state index in [-0.39, 0.29) is 13.0 Å². The standard InChI is InChI=1S/C21H50O7Si5/c1-29(2,3)24-17-18(25-30(4,5)6)16-21(28-33(13,14)15,19(22)26-31(7,8)9)20(23)27-32(10,11)12/h18H,16-17H2,1-15H3. The lowest BCUT2D eigenvalue weighted by Crippen LogP contribution is -2.61. The summed E-state index contributed by atoms with van der Waals surface area (Å²) in [6.07, 6.45) is -0.485. The first kappa shape index (κ1) is 32.9. The molecule has 0 aliphatic heterocycles. The summed E-state index contributed by atoms with van der Waals surface area (Å²) in [5.41, 5.74) is -1.88. The maximum atomic E-state index is 13.7. The zero-order chi connectivity index (χ0) is 26.7. The zero-order valence-corrected chi connectivity index (χ0v) is 28.8. The fraction of sp³-hybridized carbons (Fsp3) is 0.905. The molecule has 33 heavy (non-hydrogen) atoms. The second kappa shape index (κ2) is 11.3. The fourth-order valence-corrected chi connectivity index (χ4v) is 7.49. The highest BCUT2D eigenvalue weighted by molar-refractivity contribution is 6.73. The van der Waals surface area contributed by atoms with Crippen LogP contribution in [0.4, 0.5) is 0 Å². The van der Waals surface area contributed by atoms with Crippen molar-refractivity contribution in [2.24, 2.45) is 0 Å². The van der Waals surface area contributed by atoms with Crippen molar-refractivity contribution in [2.75, 3.05) is 6.61 Å². The van der Waals surface area contributed by atoms with Crippen molar-refractivity contribution in [2.45, 2.75) is 116 Å². The van der Waals surface area contributed by atoms with Gasteiger partial charge in [0.15, 0.2) is 25.0 Å². The summed E-state index contributed by atoms with van der Waals surface area (Å²) in [5.74, 6) is -1.32. The Kier molecular flexibility index (Phi) is 11.3. The first-order valence-corrected chi connectivity index (χ1v) is 28.8. The second-order valence-corrected chi connectivity index (χ2v) is 35.8. The van der Waals surface area contributed by atoms with Crippen molar-refractivity contribution >= 4 is 53.5 Å². The van der Waals surface area contributed by atoms with E-state index >= 15 is 0 Å². The maximum Gasteiger partial charge on any atom is 0.336 e. The third kappa shape index (κ3) is 14.8. The summed E-state index contributed by atoms with van der Waals surface area (Å²) >= 11 is 0. The molecule has 0 N–H and O–H groups in total. The number of carbonyl (C=O) groups excluding carboxylic acids is 2. The molecule has 0 fully saturated rings. The van der Waals surface area contributed by atoms with Crippen LogP contribution < -0.4 is 0 Å². The van der Waals surface area contributed by atoms with Crippen LogP contribution in [0.2, 0.25) is 98.2 Å². The van der Waals surface area contributed by atoms with E-state index in [1.54, 1.807) is 0 Å². The molecule has 0 aromatic carbocycles. The lowest BCUT2D eigenvalue weighted by atomic mass is 9.97. The molecule has 0 heterocycles. The van der Waals surface area contributed by atoms with E-state index in [4.69, 9.17) is 22.1 Å². The molecule has 0 aromatic heterocycles. The van der Waals surface area contributed by atoms with Crippen LogP contribution in [0, 0.1) is 0 Å². The van der Waals surface area contributed by atoms with Gasteiger partial charge in [0, 0.05) is 6.42 Å². The van der Waals surface area contributed by atoms with Gasteiger partial charge in [0.1, 0.15) is 0 Å². The Bertz CT molecular complexity index is 637. The van der Waals surface area contributed by atoms with Crippen molar-refractivity contribution in [3.05, 3.63) is 0 Å². The van der Waals surface area contributed by atoms with Gasteiger partial charge in [0.2, 0.25) is 16.6 Å². The number of rotatable bonds is 13. The summed E-state index contributed by atoms with van der Waals surface area (Å²) < 4.78 is 30.9. The Labute approximate surface area is 207 Å². The van der Waals surface area contributed by atoms with Crippen LogP contribution in [0.25, 0.3) is 0 Å². The van der Waals surface area contributed by atoms with Crippen LogP contribution in [0.15, 0.2) is 0 Å². The van der Waals surface area contributed by atoms with E-state index in [0.717, 1.165) is 0 Å². The van der Waals surface area contributed by atoms with E-state index in [9.17, 15) is 9.59 Å². The van der Waals surface area contributed by atoms with Crippen molar-refractivity contribution in [1.82, 2.24) is 0 Å². The molecule has 0 saturated heterocycles. The van der Waals surface area contributed by atoms with Crippen molar-refractivity contribution in [3.8, 4) is 0 Å².